The maximum atomic E-state index is 12.8. The largest absolute Gasteiger partial charge is 0.348 e. The van der Waals surface area contributed by atoms with E-state index in [1.807, 2.05) is 12.3 Å². The van der Waals surface area contributed by atoms with Gasteiger partial charge < -0.3 is 14.4 Å². The molecule has 1 aliphatic heterocycles. The summed E-state index contributed by atoms with van der Waals surface area (Å²) in [4.78, 5) is 18.8. The van der Waals surface area contributed by atoms with Gasteiger partial charge in [0.25, 0.3) is 5.91 Å². The predicted octanol–water partition coefficient (Wildman–Crippen LogP) is 1.20. The van der Waals surface area contributed by atoms with E-state index in [1.165, 1.54) is 11.3 Å². The molecular weight excluding hydrogens is 304 g/mol. The molecule has 2 aromatic heterocycles. The van der Waals surface area contributed by atoms with Crippen LogP contribution in [0.15, 0.2) is 17.6 Å². The van der Waals surface area contributed by atoms with Crippen molar-refractivity contribution in [1.82, 2.24) is 19.7 Å². The van der Waals surface area contributed by atoms with Gasteiger partial charge in [0.2, 0.25) is 0 Å². The standard InChI is InChI=1S/C14H18N4O3S/c1-10-7-11(17(2)16-10)14(19)18(8-12-15-3-6-22-12)9-13-20-4-5-21-13/h3,6-7,13H,4-5,8-9H2,1-2H3. The molecule has 0 spiro atoms. The zero-order valence-electron chi connectivity index (χ0n) is 12.6. The number of ether oxygens (including phenoxy) is 2. The summed E-state index contributed by atoms with van der Waals surface area (Å²) in [6, 6.07) is 1.79. The van der Waals surface area contributed by atoms with Crippen molar-refractivity contribution in [3.05, 3.63) is 34.0 Å². The quantitative estimate of drug-likeness (QED) is 0.827. The van der Waals surface area contributed by atoms with E-state index in [-0.39, 0.29) is 12.2 Å². The van der Waals surface area contributed by atoms with Gasteiger partial charge in [-0.25, -0.2) is 4.98 Å². The van der Waals surface area contributed by atoms with Crippen LogP contribution in [0.1, 0.15) is 21.2 Å². The van der Waals surface area contributed by atoms with Gasteiger partial charge in [0, 0.05) is 18.6 Å². The van der Waals surface area contributed by atoms with E-state index < -0.39 is 0 Å². The minimum atomic E-state index is -0.377. The number of nitrogens with zero attached hydrogens (tertiary/aromatic N) is 4. The summed E-state index contributed by atoms with van der Waals surface area (Å²) < 4.78 is 12.5. The van der Waals surface area contributed by atoms with Gasteiger partial charge >= 0.3 is 0 Å². The van der Waals surface area contributed by atoms with Crippen molar-refractivity contribution in [2.45, 2.75) is 19.8 Å². The van der Waals surface area contributed by atoms with Crippen LogP contribution in [-0.2, 0) is 23.1 Å². The van der Waals surface area contributed by atoms with Gasteiger partial charge in [-0.15, -0.1) is 11.3 Å². The Balaban J connectivity index is 1.79. The molecule has 2 aromatic rings. The summed E-state index contributed by atoms with van der Waals surface area (Å²) in [5.41, 5.74) is 1.36. The number of aromatic nitrogens is 3. The van der Waals surface area contributed by atoms with Crippen molar-refractivity contribution in [1.29, 1.82) is 0 Å². The average molecular weight is 322 g/mol. The highest BCUT2D eigenvalue weighted by Crippen LogP contribution is 2.15. The Morgan fingerprint density at radius 3 is 2.86 bits per heavy atom. The van der Waals surface area contributed by atoms with Crippen LogP contribution < -0.4 is 0 Å². The SMILES string of the molecule is Cc1cc(C(=O)N(Cc2nccs2)CC2OCCO2)n(C)n1. The number of carbonyl (C=O) groups excluding carboxylic acids is 1. The second-order valence-corrected chi connectivity index (χ2v) is 6.06. The van der Waals surface area contributed by atoms with E-state index in [1.54, 1.807) is 28.9 Å². The van der Waals surface area contributed by atoms with E-state index in [2.05, 4.69) is 10.1 Å². The molecule has 1 fully saturated rings. The minimum absolute atomic E-state index is 0.0996. The van der Waals surface area contributed by atoms with Gasteiger partial charge in [0.15, 0.2) is 6.29 Å². The number of rotatable bonds is 5. The highest BCUT2D eigenvalue weighted by atomic mass is 32.1. The second kappa shape index (κ2) is 6.55. The molecule has 0 aromatic carbocycles. The summed E-state index contributed by atoms with van der Waals surface area (Å²) >= 11 is 1.52. The number of thiazole rings is 1. The van der Waals surface area contributed by atoms with Crippen molar-refractivity contribution in [3.63, 3.8) is 0 Å². The Labute approximate surface area is 132 Å². The maximum absolute atomic E-state index is 12.8. The molecule has 8 heteroatoms. The molecule has 7 nitrogen and oxygen atoms in total. The number of carbonyl (C=O) groups is 1. The molecule has 3 rings (SSSR count). The Hall–Kier alpha value is -1.77. The molecule has 0 bridgehead atoms. The monoisotopic (exact) mass is 322 g/mol. The minimum Gasteiger partial charge on any atom is -0.348 e. The van der Waals surface area contributed by atoms with Gasteiger partial charge in [-0.2, -0.15) is 5.10 Å². The molecule has 0 unspecified atom stereocenters. The van der Waals surface area contributed by atoms with Gasteiger partial charge in [-0.3, -0.25) is 9.48 Å². The Kier molecular flexibility index (Phi) is 4.51. The van der Waals surface area contributed by atoms with E-state index in [0.29, 0.717) is 32.0 Å². The van der Waals surface area contributed by atoms with Crippen molar-refractivity contribution in [2.75, 3.05) is 19.8 Å². The van der Waals surface area contributed by atoms with Crippen LogP contribution in [0.4, 0.5) is 0 Å². The highest BCUT2D eigenvalue weighted by Gasteiger charge is 2.26. The summed E-state index contributed by atoms with van der Waals surface area (Å²) in [7, 11) is 1.77. The number of amides is 1. The molecule has 0 saturated carbocycles. The topological polar surface area (TPSA) is 69.5 Å². The molecule has 0 aliphatic carbocycles. The molecule has 22 heavy (non-hydrogen) atoms. The average Bonchev–Trinajstić information content (AvgIpc) is 3.20. The van der Waals surface area contributed by atoms with Gasteiger partial charge in [-0.05, 0) is 13.0 Å². The third-order valence-electron chi connectivity index (χ3n) is 3.38. The molecule has 3 heterocycles. The molecular formula is C14H18N4O3S. The highest BCUT2D eigenvalue weighted by molar-refractivity contribution is 7.09. The van der Waals surface area contributed by atoms with E-state index in [4.69, 9.17) is 9.47 Å². The lowest BCUT2D eigenvalue weighted by Crippen LogP contribution is -2.38. The van der Waals surface area contributed by atoms with Gasteiger partial charge in [0.05, 0.1) is 32.0 Å². The van der Waals surface area contributed by atoms with Crippen molar-refractivity contribution < 1.29 is 14.3 Å². The van der Waals surface area contributed by atoms with Crippen molar-refractivity contribution >= 4 is 17.2 Å². The van der Waals surface area contributed by atoms with Crippen molar-refractivity contribution in [2.24, 2.45) is 7.05 Å². The van der Waals surface area contributed by atoms with E-state index >= 15 is 0 Å². The fourth-order valence-corrected chi connectivity index (χ4v) is 3.01. The van der Waals surface area contributed by atoms with E-state index in [9.17, 15) is 4.79 Å². The zero-order valence-corrected chi connectivity index (χ0v) is 13.4. The van der Waals surface area contributed by atoms with Gasteiger partial charge in [-0.1, -0.05) is 0 Å². The second-order valence-electron chi connectivity index (χ2n) is 5.08. The molecule has 0 radical (unpaired) electrons. The fourth-order valence-electron chi connectivity index (χ4n) is 2.38. The van der Waals surface area contributed by atoms with E-state index in [0.717, 1.165) is 10.7 Å². The first-order valence-corrected chi connectivity index (χ1v) is 7.93. The first kappa shape index (κ1) is 15.1. The lowest BCUT2D eigenvalue weighted by atomic mass is 10.3. The van der Waals surface area contributed by atoms with Crippen LogP contribution in [-0.4, -0.2) is 51.6 Å². The summed E-state index contributed by atoms with van der Waals surface area (Å²) in [6.07, 6.45) is 1.36. The summed E-state index contributed by atoms with van der Waals surface area (Å²) in [5.74, 6) is -0.0996. The van der Waals surface area contributed by atoms with Crippen LogP contribution in [0.3, 0.4) is 0 Å². The molecule has 0 N–H and O–H groups in total. The number of hydrogen-bond acceptors (Lipinski definition) is 6. The fraction of sp³-hybridized carbons (Fsp3) is 0.500. The summed E-state index contributed by atoms with van der Waals surface area (Å²) in [5, 5.41) is 7.01. The predicted molar refractivity (Wildman–Crippen MR) is 80.5 cm³/mol. The van der Waals surface area contributed by atoms with Crippen LogP contribution in [0.25, 0.3) is 0 Å². The molecule has 1 amide bonds. The Morgan fingerprint density at radius 1 is 1.50 bits per heavy atom. The third kappa shape index (κ3) is 3.34. The number of aryl methyl sites for hydroxylation is 2. The first-order chi connectivity index (χ1) is 10.6. The summed E-state index contributed by atoms with van der Waals surface area (Å²) in [6.45, 7) is 3.81. The normalized spacial score (nSPS) is 15.4. The smallest absolute Gasteiger partial charge is 0.272 e. The molecule has 1 saturated heterocycles. The van der Waals surface area contributed by atoms with Crippen LogP contribution >= 0.6 is 11.3 Å². The Bertz CT molecular complexity index is 635. The maximum Gasteiger partial charge on any atom is 0.272 e. The zero-order chi connectivity index (χ0) is 15.5. The van der Waals surface area contributed by atoms with Gasteiger partial charge in [0.1, 0.15) is 10.7 Å². The first-order valence-electron chi connectivity index (χ1n) is 7.05. The van der Waals surface area contributed by atoms with Crippen molar-refractivity contribution in [3.8, 4) is 0 Å². The van der Waals surface area contributed by atoms with Crippen LogP contribution in [0, 0.1) is 6.92 Å². The molecule has 1 aliphatic rings. The number of hydrogen-bond donors (Lipinski definition) is 0. The van der Waals surface area contributed by atoms with Crippen LogP contribution in [0.2, 0.25) is 0 Å². The Morgan fingerprint density at radius 2 is 2.27 bits per heavy atom. The third-order valence-corrected chi connectivity index (χ3v) is 4.14. The lowest BCUT2D eigenvalue weighted by Gasteiger charge is -2.24. The molecule has 118 valence electrons. The van der Waals surface area contributed by atoms with Crippen LogP contribution in [0.5, 0.6) is 0 Å². The molecule has 0 atom stereocenters. The lowest BCUT2D eigenvalue weighted by molar-refractivity contribution is -0.0586.